The first-order chi connectivity index (χ1) is 8.59. The molecule has 2 aromatic rings. The summed E-state index contributed by atoms with van der Waals surface area (Å²) >= 11 is 11.9. The van der Waals surface area contributed by atoms with Gasteiger partial charge in [-0.1, -0.05) is 35.3 Å². The summed E-state index contributed by atoms with van der Waals surface area (Å²) in [6.45, 7) is 0. The number of anilines is 1. The van der Waals surface area contributed by atoms with Gasteiger partial charge in [-0.2, -0.15) is 0 Å². The molecule has 0 aliphatic heterocycles. The van der Waals surface area contributed by atoms with Crippen LogP contribution in [0.25, 0.3) is 0 Å². The van der Waals surface area contributed by atoms with Crippen LogP contribution < -0.4 is 4.90 Å². The molecule has 18 heavy (non-hydrogen) atoms. The molecule has 2 aromatic carbocycles. The Labute approximate surface area is 116 Å². The van der Waals surface area contributed by atoms with Gasteiger partial charge in [-0.05, 0) is 36.4 Å². The van der Waals surface area contributed by atoms with E-state index < -0.39 is 0 Å². The number of halogens is 2. The van der Waals surface area contributed by atoms with Crippen LogP contribution in [0.3, 0.4) is 0 Å². The van der Waals surface area contributed by atoms with E-state index in [-0.39, 0.29) is 5.91 Å². The van der Waals surface area contributed by atoms with Gasteiger partial charge in [-0.25, -0.2) is 0 Å². The van der Waals surface area contributed by atoms with Gasteiger partial charge in [0.2, 0.25) is 0 Å². The topological polar surface area (TPSA) is 20.3 Å². The van der Waals surface area contributed by atoms with Crippen molar-refractivity contribution in [2.24, 2.45) is 0 Å². The zero-order chi connectivity index (χ0) is 13.1. The number of nitrogens with zero attached hydrogens (tertiary/aromatic N) is 1. The Kier molecular flexibility index (Phi) is 3.90. The first-order valence-electron chi connectivity index (χ1n) is 5.38. The van der Waals surface area contributed by atoms with Crippen molar-refractivity contribution in [3.8, 4) is 0 Å². The molecule has 1 amide bonds. The van der Waals surface area contributed by atoms with E-state index in [9.17, 15) is 4.79 Å². The fourth-order valence-corrected chi connectivity index (χ4v) is 2.01. The molecule has 2 rings (SSSR count). The molecule has 0 aromatic heterocycles. The molecule has 0 fully saturated rings. The molecule has 0 spiro atoms. The zero-order valence-electron chi connectivity index (χ0n) is 9.73. The second-order valence-corrected chi connectivity index (χ2v) is 4.67. The van der Waals surface area contributed by atoms with Gasteiger partial charge in [0.25, 0.3) is 5.91 Å². The molecular weight excluding hydrogens is 269 g/mol. The first-order valence-corrected chi connectivity index (χ1v) is 6.13. The maximum absolute atomic E-state index is 12.2. The molecule has 0 saturated heterocycles. The highest BCUT2D eigenvalue weighted by Crippen LogP contribution is 2.25. The Morgan fingerprint density at radius 2 is 1.61 bits per heavy atom. The fourth-order valence-electron chi connectivity index (χ4n) is 1.62. The van der Waals surface area contributed by atoms with Crippen molar-refractivity contribution >= 4 is 34.8 Å². The molecular formula is C14H11Cl2NO. The van der Waals surface area contributed by atoms with Crippen molar-refractivity contribution < 1.29 is 4.79 Å². The average Bonchev–Trinajstić information content (AvgIpc) is 2.38. The maximum atomic E-state index is 12.2. The molecule has 0 bridgehead atoms. The minimum atomic E-state index is -0.125. The summed E-state index contributed by atoms with van der Waals surface area (Å²) in [6, 6.07) is 14.0. The fraction of sp³-hybridized carbons (Fsp3) is 0.0714. The van der Waals surface area contributed by atoms with E-state index in [0.29, 0.717) is 21.3 Å². The third-order valence-corrected chi connectivity index (χ3v) is 3.18. The van der Waals surface area contributed by atoms with Crippen LogP contribution in [0.2, 0.25) is 10.0 Å². The summed E-state index contributed by atoms with van der Waals surface area (Å²) in [5, 5.41) is 1.15. The smallest absolute Gasteiger partial charge is 0.258 e. The minimum absolute atomic E-state index is 0.125. The third kappa shape index (κ3) is 2.66. The third-order valence-electron chi connectivity index (χ3n) is 2.61. The number of rotatable bonds is 2. The second kappa shape index (κ2) is 5.42. The number of carbonyl (C=O) groups excluding carboxylic acids is 1. The molecule has 0 radical (unpaired) electrons. The van der Waals surface area contributed by atoms with Gasteiger partial charge < -0.3 is 4.90 Å². The van der Waals surface area contributed by atoms with Crippen molar-refractivity contribution in [3.63, 3.8) is 0 Å². The largest absolute Gasteiger partial charge is 0.310 e. The van der Waals surface area contributed by atoms with E-state index in [1.54, 1.807) is 43.4 Å². The molecule has 0 atom stereocenters. The predicted molar refractivity (Wildman–Crippen MR) is 75.6 cm³/mol. The van der Waals surface area contributed by atoms with Crippen LogP contribution in [0, 0.1) is 0 Å². The lowest BCUT2D eigenvalue weighted by atomic mass is 10.2. The Morgan fingerprint density at radius 3 is 2.22 bits per heavy atom. The number of hydrogen-bond acceptors (Lipinski definition) is 1. The van der Waals surface area contributed by atoms with E-state index >= 15 is 0 Å². The highest BCUT2D eigenvalue weighted by atomic mass is 35.5. The van der Waals surface area contributed by atoms with Crippen molar-refractivity contribution in [2.75, 3.05) is 11.9 Å². The standard InChI is InChI=1S/C14H11Cl2NO/c1-17(13-5-3-2-4-12(13)16)14(18)10-6-8-11(15)9-7-10/h2-9H,1H3. The average molecular weight is 280 g/mol. The van der Waals surface area contributed by atoms with Crippen LogP contribution in [0.1, 0.15) is 10.4 Å². The highest BCUT2D eigenvalue weighted by molar-refractivity contribution is 6.34. The second-order valence-electron chi connectivity index (χ2n) is 3.82. The lowest BCUT2D eigenvalue weighted by molar-refractivity contribution is 0.0993. The Balaban J connectivity index is 2.29. The van der Waals surface area contributed by atoms with E-state index in [2.05, 4.69) is 0 Å². The highest BCUT2D eigenvalue weighted by Gasteiger charge is 2.15. The summed E-state index contributed by atoms with van der Waals surface area (Å²) in [5.41, 5.74) is 1.25. The zero-order valence-corrected chi connectivity index (χ0v) is 11.2. The number of carbonyl (C=O) groups is 1. The molecule has 0 aliphatic carbocycles. The molecule has 0 heterocycles. The van der Waals surface area contributed by atoms with Crippen LogP contribution in [0.15, 0.2) is 48.5 Å². The van der Waals surface area contributed by atoms with Crippen LogP contribution in [-0.2, 0) is 0 Å². The Morgan fingerprint density at radius 1 is 1.00 bits per heavy atom. The lowest BCUT2D eigenvalue weighted by Crippen LogP contribution is -2.26. The van der Waals surface area contributed by atoms with E-state index in [1.807, 2.05) is 12.1 Å². The van der Waals surface area contributed by atoms with Gasteiger partial charge in [0, 0.05) is 17.6 Å². The van der Waals surface area contributed by atoms with Gasteiger partial charge in [-0.3, -0.25) is 4.79 Å². The summed E-state index contributed by atoms with van der Waals surface area (Å²) < 4.78 is 0. The van der Waals surface area contributed by atoms with Crippen molar-refractivity contribution in [1.82, 2.24) is 0 Å². The molecule has 92 valence electrons. The van der Waals surface area contributed by atoms with Crippen molar-refractivity contribution in [3.05, 3.63) is 64.1 Å². The van der Waals surface area contributed by atoms with E-state index in [1.165, 1.54) is 4.90 Å². The SMILES string of the molecule is CN(C(=O)c1ccc(Cl)cc1)c1ccccc1Cl. The molecule has 4 heteroatoms. The minimum Gasteiger partial charge on any atom is -0.310 e. The molecule has 2 nitrogen and oxygen atoms in total. The predicted octanol–water partition coefficient (Wildman–Crippen LogP) is 4.27. The molecule has 0 N–H and O–H groups in total. The normalized spacial score (nSPS) is 10.2. The quantitative estimate of drug-likeness (QED) is 0.804. The van der Waals surface area contributed by atoms with Crippen LogP contribution in [0.5, 0.6) is 0 Å². The summed E-state index contributed by atoms with van der Waals surface area (Å²) in [6.07, 6.45) is 0. The number of benzene rings is 2. The maximum Gasteiger partial charge on any atom is 0.258 e. The van der Waals surface area contributed by atoms with E-state index in [0.717, 1.165) is 0 Å². The monoisotopic (exact) mass is 279 g/mol. The molecule has 0 aliphatic rings. The van der Waals surface area contributed by atoms with Gasteiger partial charge >= 0.3 is 0 Å². The van der Waals surface area contributed by atoms with Crippen molar-refractivity contribution in [2.45, 2.75) is 0 Å². The van der Waals surface area contributed by atoms with Crippen LogP contribution >= 0.6 is 23.2 Å². The number of amides is 1. The van der Waals surface area contributed by atoms with Gasteiger partial charge in [0.05, 0.1) is 10.7 Å². The molecule has 0 saturated carbocycles. The summed E-state index contributed by atoms with van der Waals surface area (Å²) in [7, 11) is 1.69. The lowest BCUT2D eigenvalue weighted by Gasteiger charge is -2.18. The van der Waals surface area contributed by atoms with Crippen LogP contribution in [0.4, 0.5) is 5.69 Å². The van der Waals surface area contributed by atoms with Gasteiger partial charge in [0.1, 0.15) is 0 Å². The van der Waals surface area contributed by atoms with Crippen molar-refractivity contribution in [1.29, 1.82) is 0 Å². The summed E-state index contributed by atoms with van der Waals surface area (Å²) in [5.74, 6) is -0.125. The Hall–Kier alpha value is -1.51. The summed E-state index contributed by atoms with van der Waals surface area (Å²) in [4.78, 5) is 13.8. The van der Waals surface area contributed by atoms with E-state index in [4.69, 9.17) is 23.2 Å². The van der Waals surface area contributed by atoms with Crippen LogP contribution in [-0.4, -0.2) is 13.0 Å². The first kappa shape index (κ1) is 12.9. The number of hydrogen-bond donors (Lipinski definition) is 0. The van der Waals surface area contributed by atoms with Gasteiger partial charge in [0.15, 0.2) is 0 Å². The number of para-hydroxylation sites is 1. The Bertz CT molecular complexity index is 566. The molecule has 0 unspecified atom stereocenters. The van der Waals surface area contributed by atoms with Gasteiger partial charge in [-0.15, -0.1) is 0 Å².